The van der Waals surface area contributed by atoms with Gasteiger partial charge in [0.15, 0.2) is 0 Å². The smallest absolute Gasteiger partial charge is 0.432 e. The van der Waals surface area contributed by atoms with Crippen molar-refractivity contribution >= 4 is 18.0 Å². The lowest BCUT2D eigenvalue weighted by Gasteiger charge is -2.46. The van der Waals surface area contributed by atoms with E-state index in [0.29, 0.717) is 5.56 Å². The van der Waals surface area contributed by atoms with Gasteiger partial charge in [0.25, 0.3) is 0 Å². The fourth-order valence-corrected chi connectivity index (χ4v) is 3.07. The molecule has 1 aromatic rings. The van der Waals surface area contributed by atoms with Crippen molar-refractivity contribution in [2.24, 2.45) is 0 Å². The first-order valence-corrected chi connectivity index (χ1v) is 9.16. The molecule has 2 heterocycles. The molecule has 29 heavy (non-hydrogen) atoms. The number of halogens is 1. The van der Waals surface area contributed by atoms with E-state index in [1.54, 1.807) is 19.9 Å². The number of ether oxygens (including phenoxy) is 3. The highest BCUT2D eigenvalue weighted by Gasteiger charge is 2.55. The first-order chi connectivity index (χ1) is 13.9. The Morgan fingerprint density at radius 3 is 2.38 bits per heavy atom. The van der Waals surface area contributed by atoms with Crippen LogP contribution in [0.3, 0.4) is 0 Å². The molecular formula is C20H21FN2O6. The lowest BCUT2D eigenvalue weighted by molar-refractivity contribution is -0.195. The van der Waals surface area contributed by atoms with Crippen molar-refractivity contribution < 1.29 is 33.0 Å². The predicted octanol–water partition coefficient (Wildman–Crippen LogP) is 2.95. The van der Waals surface area contributed by atoms with Crippen molar-refractivity contribution in [2.75, 3.05) is 13.2 Å². The van der Waals surface area contributed by atoms with E-state index in [1.165, 1.54) is 42.5 Å². The van der Waals surface area contributed by atoms with Gasteiger partial charge in [-0.05, 0) is 43.7 Å². The third-order valence-corrected chi connectivity index (χ3v) is 4.40. The number of nitrogens with zero attached hydrogens (tertiary/aromatic N) is 2. The van der Waals surface area contributed by atoms with Gasteiger partial charge in [0.1, 0.15) is 5.82 Å². The van der Waals surface area contributed by atoms with Crippen molar-refractivity contribution in [3.8, 4) is 0 Å². The van der Waals surface area contributed by atoms with E-state index < -0.39 is 35.6 Å². The average Bonchev–Trinajstić information content (AvgIpc) is 2.94. The molecule has 1 aromatic carbocycles. The highest BCUT2D eigenvalue weighted by Crippen LogP contribution is 2.35. The number of carbonyl (C=O) groups is 3. The number of carbonyl (C=O) groups excluding carboxylic acids is 3. The Balaban J connectivity index is 2.01. The van der Waals surface area contributed by atoms with Gasteiger partial charge >= 0.3 is 12.2 Å². The van der Waals surface area contributed by atoms with Gasteiger partial charge in [-0.15, -0.1) is 0 Å². The zero-order valence-electron chi connectivity index (χ0n) is 16.0. The first kappa shape index (κ1) is 20.5. The van der Waals surface area contributed by atoms with Crippen LogP contribution in [0.1, 0.15) is 19.4 Å². The molecule has 4 rings (SSSR count). The lowest BCUT2D eigenvalue weighted by atomic mass is 10.1. The van der Waals surface area contributed by atoms with Gasteiger partial charge in [-0.25, -0.2) is 14.0 Å². The summed E-state index contributed by atoms with van der Waals surface area (Å²) in [5.41, 5.74) is -1.37. The Bertz CT molecular complexity index is 853. The summed E-state index contributed by atoms with van der Waals surface area (Å²) in [6.45, 7) is 3.20. The zero-order chi connectivity index (χ0) is 21.0. The SMILES string of the molecule is CCOC(=O)N1[C@H]2C=CC(=O)[C@](OCc3ccc(F)cc3)(C=C2)N1C(=O)OCC. The summed E-state index contributed by atoms with van der Waals surface area (Å²) in [5.74, 6) is -0.986. The molecule has 0 fully saturated rings. The van der Waals surface area contributed by atoms with E-state index in [1.807, 2.05) is 0 Å². The first-order valence-electron chi connectivity index (χ1n) is 9.16. The van der Waals surface area contributed by atoms with Crippen LogP contribution < -0.4 is 0 Å². The molecule has 8 nitrogen and oxygen atoms in total. The third kappa shape index (κ3) is 3.86. The monoisotopic (exact) mass is 404 g/mol. The van der Waals surface area contributed by atoms with Crippen molar-refractivity contribution in [3.05, 3.63) is 60.0 Å². The minimum atomic E-state index is -1.95. The summed E-state index contributed by atoms with van der Waals surface area (Å²) in [6, 6.07) is 4.77. The summed E-state index contributed by atoms with van der Waals surface area (Å²) in [4.78, 5) is 38.3. The maximum atomic E-state index is 13.2. The molecule has 2 bridgehead atoms. The molecule has 0 saturated heterocycles. The van der Waals surface area contributed by atoms with E-state index in [0.717, 1.165) is 10.0 Å². The van der Waals surface area contributed by atoms with Gasteiger partial charge in [-0.3, -0.25) is 4.79 Å². The topological polar surface area (TPSA) is 85.4 Å². The molecule has 3 aliphatic rings. The second-order valence-electron chi connectivity index (χ2n) is 6.24. The molecule has 0 unspecified atom stereocenters. The molecular weight excluding hydrogens is 383 g/mol. The highest BCUT2D eigenvalue weighted by molar-refractivity contribution is 6.02. The summed E-state index contributed by atoms with van der Waals surface area (Å²) in [6.07, 6.45) is 3.93. The summed E-state index contributed by atoms with van der Waals surface area (Å²) in [5, 5.41) is 1.83. The van der Waals surface area contributed by atoms with Crippen LogP contribution in [0.25, 0.3) is 0 Å². The van der Waals surface area contributed by atoms with Crippen LogP contribution in [-0.4, -0.2) is 53.0 Å². The van der Waals surface area contributed by atoms with Gasteiger partial charge in [0, 0.05) is 0 Å². The molecule has 0 N–H and O–H groups in total. The minimum Gasteiger partial charge on any atom is -0.448 e. The van der Waals surface area contributed by atoms with Crippen LogP contribution in [0.4, 0.5) is 14.0 Å². The van der Waals surface area contributed by atoms with Crippen LogP contribution in [-0.2, 0) is 25.6 Å². The molecule has 9 heteroatoms. The van der Waals surface area contributed by atoms with Crippen LogP contribution in [0.2, 0.25) is 0 Å². The van der Waals surface area contributed by atoms with Crippen LogP contribution in [0.15, 0.2) is 48.6 Å². The van der Waals surface area contributed by atoms with E-state index >= 15 is 0 Å². The van der Waals surface area contributed by atoms with Gasteiger partial charge in [-0.1, -0.05) is 24.3 Å². The Kier molecular flexibility index (Phi) is 5.97. The molecule has 1 aliphatic carbocycles. The summed E-state index contributed by atoms with van der Waals surface area (Å²) in [7, 11) is 0. The number of amides is 2. The fourth-order valence-electron chi connectivity index (χ4n) is 3.07. The van der Waals surface area contributed by atoms with Crippen molar-refractivity contribution in [1.29, 1.82) is 0 Å². The Morgan fingerprint density at radius 2 is 1.72 bits per heavy atom. The number of fused-ring (bicyclic) bond motifs is 2. The number of rotatable bonds is 5. The predicted molar refractivity (Wildman–Crippen MR) is 98.7 cm³/mol. The standard InChI is InChI=1S/C20H21FN2O6/c1-3-27-18(25)22-16-9-10-17(24)20(12-11-16,23(22)19(26)28-4-2)29-13-14-5-7-15(21)8-6-14/h5-12,16H,3-4,13H2,1-2H3/t16-,20+/m0/s1. The molecule has 2 amide bonds. The van der Waals surface area contributed by atoms with Crippen LogP contribution in [0, 0.1) is 5.82 Å². The third-order valence-electron chi connectivity index (χ3n) is 4.40. The Labute approximate surface area is 167 Å². The maximum absolute atomic E-state index is 13.2. The number of benzene rings is 1. The van der Waals surface area contributed by atoms with Gasteiger partial charge in [-0.2, -0.15) is 10.0 Å². The van der Waals surface area contributed by atoms with Gasteiger partial charge in [0.2, 0.25) is 11.5 Å². The molecule has 2 atom stereocenters. The normalized spacial score (nSPS) is 22.6. The van der Waals surface area contributed by atoms with Gasteiger partial charge < -0.3 is 14.2 Å². The minimum absolute atomic E-state index is 0.0239. The Morgan fingerprint density at radius 1 is 1.07 bits per heavy atom. The second-order valence-corrected chi connectivity index (χ2v) is 6.24. The summed E-state index contributed by atoms with van der Waals surface area (Å²) < 4.78 is 29.2. The van der Waals surface area contributed by atoms with E-state index in [2.05, 4.69) is 0 Å². The van der Waals surface area contributed by atoms with E-state index in [4.69, 9.17) is 14.2 Å². The average molecular weight is 404 g/mol. The molecule has 154 valence electrons. The Hall–Kier alpha value is -3.20. The number of hydrogen-bond acceptors (Lipinski definition) is 6. The van der Waals surface area contributed by atoms with Crippen LogP contribution >= 0.6 is 0 Å². The van der Waals surface area contributed by atoms with Crippen molar-refractivity contribution in [2.45, 2.75) is 32.2 Å². The zero-order valence-corrected chi connectivity index (χ0v) is 16.0. The van der Waals surface area contributed by atoms with Crippen molar-refractivity contribution in [1.82, 2.24) is 10.0 Å². The molecule has 0 saturated carbocycles. The second kappa shape index (κ2) is 8.44. The van der Waals surface area contributed by atoms with E-state index in [-0.39, 0.29) is 19.8 Å². The molecule has 0 spiro atoms. The number of ketones is 1. The molecule has 2 aliphatic heterocycles. The van der Waals surface area contributed by atoms with Crippen molar-refractivity contribution in [3.63, 3.8) is 0 Å². The lowest BCUT2D eigenvalue weighted by Crippen LogP contribution is -2.67. The maximum Gasteiger partial charge on any atom is 0.432 e. The number of hydrogen-bond donors (Lipinski definition) is 0. The summed E-state index contributed by atoms with van der Waals surface area (Å²) >= 11 is 0. The van der Waals surface area contributed by atoms with E-state index in [9.17, 15) is 18.8 Å². The van der Waals surface area contributed by atoms with Crippen LogP contribution in [0.5, 0.6) is 0 Å². The number of hydrazine groups is 1. The molecule has 0 radical (unpaired) electrons. The molecule has 0 aromatic heterocycles. The highest BCUT2D eigenvalue weighted by atomic mass is 19.1. The van der Waals surface area contributed by atoms with Gasteiger partial charge in [0.05, 0.1) is 25.9 Å². The fraction of sp³-hybridized carbons (Fsp3) is 0.350. The largest absolute Gasteiger partial charge is 0.448 e. The quantitative estimate of drug-likeness (QED) is 0.702.